The van der Waals surface area contributed by atoms with Crippen LogP contribution >= 0.6 is 0 Å². The van der Waals surface area contributed by atoms with Crippen LogP contribution in [-0.4, -0.2) is 13.9 Å². The Morgan fingerprint density at radius 1 is 0.769 bits per heavy atom. The minimum absolute atomic E-state index is 0.00204. The van der Waals surface area contributed by atoms with Gasteiger partial charge in [0.2, 0.25) is 0 Å². The number of hydrogen-bond donors (Lipinski definition) is 0. The Hall–Kier alpha value is -2.56. The Balaban J connectivity index is 1.65. The van der Waals surface area contributed by atoms with Crippen LogP contribution in [0.1, 0.15) is 44.2 Å². The molecule has 5 heteroatoms. The summed E-state index contributed by atoms with van der Waals surface area (Å²) in [7, 11) is 0. The van der Waals surface area contributed by atoms with Gasteiger partial charge in [-0.3, -0.25) is 0 Å². The van der Waals surface area contributed by atoms with Crippen molar-refractivity contribution in [2.75, 3.05) is 0 Å². The molecule has 0 N–H and O–H groups in total. The Kier molecular flexibility index (Phi) is 2.57. The third-order valence-electron chi connectivity index (χ3n) is 7.30. The number of hydrogen-bond acceptors (Lipinski definition) is 2. The Labute approximate surface area is 150 Å². The molecule has 2 aliphatic heterocycles. The van der Waals surface area contributed by atoms with Crippen molar-refractivity contribution in [3.63, 3.8) is 0 Å². The van der Waals surface area contributed by atoms with E-state index in [9.17, 15) is 9.59 Å². The minimum Gasteiger partial charge on any atom is -0.245 e. The second-order valence-electron chi connectivity index (χ2n) is 8.17. The molecule has 2 bridgehead atoms. The summed E-state index contributed by atoms with van der Waals surface area (Å²) in [5.74, 6) is 0. The van der Waals surface area contributed by atoms with Gasteiger partial charge in [0.1, 0.15) is 0 Å². The molecule has 3 heterocycles. The van der Waals surface area contributed by atoms with Gasteiger partial charge in [-0.2, -0.15) is 0 Å². The van der Waals surface area contributed by atoms with E-state index < -0.39 is 0 Å². The van der Waals surface area contributed by atoms with Gasteiger partial charge in [0.05, 0.1) is 17.8 Å². The van der Waals surface area contributed by atoms with Crippen molar-refractivity contribution in [3.8, 4) is 5.69 Å². The molecule has 1 aromatic heterocycles. The summed E-state index contributed by atoms with van der Waals surface area (Å²) in [5.41, 5.74) is 0.220. The van der Waals surface area contributed by atoms with Crippen LogP contribution in [0.3, 0.4) is 0 Å². The van der Waals surface area contributed by atoms with Gasteiger partial charge in [-0.05, 0) is 25.0 Å². The number of allylic oxidation sites excluding steroid dienone is 4. The van der Waals surface area contributed by atoms with Crippen LogP contribution < -0.4 is 11.4 Å². The van der Waals surface area contributed by atoms with E-state index in [0.29, 0.717) is 5.69 Å². The molecule has 5 aliphatic rings. The lowest BCUT2D eigenvalue weighted by atomic mass is 9.44. The summed E-state index contributed by atoms with van der Waals surface area (Å²) in [6.07, 6.45) is 14.9. The van der Waals surface area contributed by atoms with E-state index >= 15 is 0 Å². The summed E-state index contributed by atoms with van der Waals surface area (Å²) in [5, 5.41) is 0. The second kappa shape index (κ2) is 4.58. The normalized spacial score (nSPS) is 36.0. The maximum absolute atomic E-state index is 13.3. The molecule has 0 amide bonds. The van der Waals surface area contributed by atoms with Crippen LogP contribution in [0.2, 0.25) is 0 Å². The van der Waals surface area contributed by atoms with Crippen molar-refractivity contribution >= 4 is 0 Å². The fourth-order valence-corrected chi connectivity index (χ4v) is 6.13. The zero-order valence-corrected chi connectivity index (χ0v) is 14.5. The Morgan fingerprint density at radius 3 is 1.81 bits per heavy atom. The molecule has 132 valence electrons. The molecule has 1 saturated carbocycles. The fraction of sp³-hybridized carbons (Fsp3) is 0.429. The molecule has 5 nitrogen and oxygen atoms in total. The van der Waals surface area contributed by atoms with Crippen molar-refractivity contribution in [2.45, 2.75) is 44.2 Å². The maximum Gasteiger partial charge on any atom is 0.352 e. The second-order valence-corrected chi connectivity index (χ2v) is 8.17. The first kappa shape index (κ1) is 14.6. The lowest BCUT2D eigenvalue weighted by molar-refractivity contribution is -0.0552. The lowest BCUT2D eigenvalue weighted by Gasteiger charge is -2.64. The van der Waals surface area contributed by atoms with Crippen molar-refractivity contribution in [1.29, 1.82) is 0 Å². The third-order valence-corrected chi connectivity index (χ3v) is 7.30. The monoisotopic (exact) mass is 347 g/mol. The lowest BCUT2D eigenvalue weighted by Crippen LogP contribution is -2.63. The number of rotatable bonds is 1. The molecule has 4 atom stereocenters. The molecule has 0 spiro atoms. The highest BCUT2D eigenvalue weighted by Gasteiger charge is 2.67. The third kappa shape index (κ3) is 1.38. The summed E-state index contributed by atoms with van der Waals surface area (Å²) in [4.78, 5) is 26.6. The van der Waals surface area contributed by atoms with E-state index in [1.165, 1.54) is 23.8 Å². The smallest absolute Gasteiger partial charge is 0.245 e. The average molecular weight is 347 g/mol. The summed E-state index contributed by atoms with van der Waals surface area (Å²) in [6, 6.07) is 9.16. The van der Waals surface area contributed by atoms with E-state index in [4.69, 9.17) is 0 Å². The van der Waals surface area contributed by atoms with Crippen LogP contribution in [0.15, 0.2) is 64.2 Å². The standard InChI is InChI=1S/C21H21N3O2/c25-18-22(15-7-3-1-4-8-15)19(26)24-17-10-9-16(23(18)24)20-11-5-2-6-12-21(17,20)14-13-20/h1,3-4,7-10,13-14,16-17H,2,5-6,11-12H2/t16-,17-,20-,21-/m0/s1. The van der Waals surface area contributed by atoms with Gasteiger partial charge >= 0.3 is 11.4 Å². The van der Waals surface area contributed by atoms with Gasteiger partial charge in [-0.1, -0.05) is 61.8 Å². The van der Waals surface area contributed by atoms with Crippen LogP contribution in [0.5, 0.6) is 0 Å². The molecule has 7 rings (SSSR count). The number of benzene rings is 1. The summed E-state index contributed by atoms with van der Waals surface area (Å²) < 4.78 is 4.82. The highest BCUT2D eigenvalue weighted by atomic mass is 16.2. The van der Waals surface area contributed by atoms with E-state index in [2.05, 4.69) is 24.3 Å². The molecule has 3 aliphatic carbocycles. The average Bonchev–Trinajstić information content (AvgIpc) is 2.82. The van der Waals surface area contributed by atoms with Crippen molar-refractivity contribution in [2.24, 2.45) is 10.8 Å². The highest BCUT2D eigenvalue weighted by Crippen LogP contribution is 2.71. The van der Waals surface area contributed by atoms with Crippen LogP contribution in [-0.2, 0) is 0 Å². The van der Waals surface area contributed by atoms with Gasteiger partial charge in [0.25, 0.3) is 0 Å². The largest absolute Gasteiger partial charge is 0.352 e. The number of para-hydroxylation sites is 1. The molecular formula is C21H21N3O2. The summed E-state index contributed by atoms with van der Waals surface area (Å²) >= 11 is 0. The SMILES string of the molecule is O=c1n(-c2ccccc2)c(=O)n2n1[C@H]1C=C[C@H]2[C@]23C=C[C@@]12CCCCC3. The Morgan fingerprint density at radius 2 is 1.31 bits per heavy atom. The van der Waals surface area contributed by atoms with Crippen molar-refractivity contribution in [3.05, 3.63) is 75.6 Å². The zero-order valence-electron chi connectivity index (χ0n) is 14.5. The van der Waals surface area contributed by atoms with Crippen LogP contribution in [0.4, 0.5) is 0 Å². The predicted octanol–water partition coefficient (Wildman–Crippen LogP) is 2.97. The van der Waals surface area contributed by atoms with Gasteiger partial charge in [-0.15, -0.1) is 0 Å². The molecule has 0 unspecified atom stereocenters. The number of nitrogens with zero attached hydrogens (tertiary/aromatic N) is 3. The fourth-order valence-electron chi connectivity index (χ4n) is 6.13. The van der Waals surface area contributed by atoms with Gasteiger partial charge in [-0.25, -0.2) is 23.5 Å². The first-order valence-corrected chi connectivity index (χ1v) is 9.60. The van der Waals surface area contributed by atoms with Gasteiger partial charge < -0.3 is 0 Å². The molecule has 1 aromatic carbocycles. The topological polar surface area (TPSA) is 48.9 Å². The Bertz CT molecular complexity index is 1020. The highest BCUT2D eigenvalue weighted by molar-refractivity contribution is 5.41. The first-order chi connectivity index (χ1) is 12.7. The minimum atomic E-state index is -0.215. The first-order valence-electron chi connectivity index (χ1n) is 9.60. The quantitative estimate of drug-likeness (QED) is 0.745. The predicted molar refractivity (Wildman–Crippen MR) is 98.6 cm³/mol. The number of aromatic nitrogens is 3. The van der Waals surface area contributed by atoms with Crippen LogP contribution in [0, 0.1) is 10.8 Å². The van der Waals surface area contributed by atoms with E-state index in [1.807, 2.05) is 30.3 Å². The molecule has 1 fully saturated rings. The zero-order chi connectivity index (χ0) is 17.5. The van der Waals surface area contributed by atoms with Crippen molar-refractivity contribution in [1.82, 2.24) is 13.9 Å². The molecule has 0 saturated heterocycles. The molecule has 2 aromatic rings. The van der Waals surface area contributed by atoms with Gasteiger partial charge in [0, 0.05) is 10.8 Å². The van der Waals surface area contributed by atoms with E-state index in [0.717, 1.165) is 12.8 Å². The molecule has 26 heavy (non-hydrogen) atoms. The summed E-state index contributed by atoms with van der Waals surface area (Å²) in [6.45, 7) is 0. The molecule has 0 radical (unpaired) electrons. The van der Waals surface area contributed by atoms with E-state index in [1.54, 1.807) is 9.36 Å². The van der Waals surface area contributed by atoms with Gasteiger partial charge in [0.15, 0.2) is 0 Å². The van der Waals surface area contributed by atoms with Crippen molar-refractivity contribution < 1.29 is 0 Å². The molecular weight excluding hydrogens is 326 g/mol. The van der Waals surface area contributed by atoms with Crippen LogP contribution in [0.25, 0.3) is 5.69 Å². The maximum atomic E-state index is 13.3. The van der Waals surface area contributed by atoms with E-state index in [-0.39, 0.29) is 34.3 Å².